The third kappa shape index (κ3) is 6.35. The van der Waals surface area contributed by atoms with E-state index in [1.54, 1.807) is 0 Å². The van der Waals surface area contributed by atoms with Crippen LogP contribution in [0.1, 0.15) is 22.3 Å². The number of nitrogens with zero attached hydrogens (tertiary/aromatic N) is 1. The highest BCUT2D eigenvalue weighted by atomic mass is 16.5. The van der Waals surface area contributed by atoms with Crippen LogP contribution < -0.4 is 86.1 Å². The Morgan fingerprint density at radius 3 is 1.08 bits per heavy atom. The van der Waals surface area contributed by atoms with Crippen LogP contribution in [0.15, 0.2) is 140 Å². The van der Waals surface area contributed by atoms with Crippen molar-refractivity contribution in [3.8, 4) is 33.8 Å². The molecule has 1 spiro atoms. The van der Waals surface area contributed by atoms with Gasteiger partial charge in [0.15, 0.2) is 0 Å². The number of para-hydroxylation sites is 1. The van der Waals surface area contributed by atoms with E-state index in [1.807, 2.05) is 54.6 Å². The van der Waals surface area contributed by atoms with E-state index in [9.17, 15) is 0 Å². The summed E-state index contributed by atoms with van der Waals surface area (Å²) in [6.07, 6.45) is 0. The average molecular weight is 913 g/mol. The molecule has 0 aliphatic carbocycles. The van der Waals surface area contributed by atoms with Crippen LogP contribution in [0.3, 0.4) is 0 Å². The Kier molecular flexibility index (Phi) is 10.8. The van der Waals surface area contributed by atoms with Gasteiger partial charge in [-0.3, -0.25) is 0 Å². The molecule has 0 bridgehead atoms. The molecule has 0 fully saturated rings. The second kappa shape index (κ2) is 17.0. The molecule has 0 unspecified atom stereocenters. The van der Waals surface area contributed by atoms with Gasteiger partial charge >= 0.3 is 0 Å². The van der Waals surface area contributed by atoms with E-state index in [4.69, 9.17) is 115 Å². The molecule has 2 aliphatic heterocycles. The molecule has 0 saturated carbocycles. The van der Waals surface area contributed by atoms with Gasteiger partial charge in [-0.2, -0.15) is 0 Å². The van der Waals surface area contributed by atoms with Crippen molar-refractivity contribution >= 4 is 246 Å². The molecule has 2 nitrogen and oxygen atoms in total. The Morgan fingerprint density at radius 1 is 0.307 bits per heavy atom. The summed E-state index contributed by atoms with van der Waals surface area (Å²) in [5.74, 6) is 1.31. The van der Waals surface area contributed by atoms with Gasteiger partial charge in [0.05, 0.1) is 16.8 Å². The van der Waals surface area contributed by atoms with Gasteiger partial charge in [0.25, 0.3) is 0 Å². The van der Waals surface area contributed by atoms with Gasteiger partial charge in [-0.15, -0.1) is 32.8 Å². The van der Waals surface area contributed by atoms with Crippen LogP contribution in [0.5, 0.6) is 11.5 Å². The molecule has 0 atom stereocenters. The Balaban J connectivity index is 1.27. The smallest absolute Gasteiger partial charge is 0.140 e. The van der Waals surface area contributed by atoms with Crippen molar-refractivity contribution in [3.63, 3.8) is 0 Å². The third-order valence-corrected chi connectivity index (χ3v) is 15.7. The van der Waals surface area contributed by atoms with Crippen LogP contribution in [0.2, 0.25) is 0 Å². The summed E-state index contributed by atoms with van der Waals surface area (Å²) >= 11 is 0. The summed E-state index contributed by atoms with van der Waals surface area (Å²) < 4.78 is 7.39. The van der Waals surface area contributed by atoms with E-state index in [0.717, 1.165) is 60.9 Å². The molecule has 13 rings (SSSR count). The number of benzene rings is 11. The summed E-state index contributed by atoms with van der Waals surface area (Å²) in [5.41, 5.74) is 8.43. The number of fused-ring (bicyclic) bond motifs is 14. The van der Waals surface area contributed by atoms with Crippen molar-refractivity contribution in [2.24, 2.45) is 0 Å². The van der Waals surface area contributed by atoms with Crippen molar-refractivity contribution < 1.29 is 4.74 Å². The Morgan fingerprint density at radius 2 is 0.667 bits per heavy atom. The predicted molar refractivity (Wildman–Crippen MR) is 329 cm³/mol. The van der Waals surface area contributed by atoms with Crippen LogP contribution in [0.25, 0.3) is 65.3 Å². The highest BCUT2D eigenvalue weighted by Gasteiger charge is 2.52. The van der Waals surface area contributed by atoms with Gasteiger partial charge in [-0.25, -0.2) is 0 Å². The topological polar surface area (TPSA) is 12.5 Å². The largest absolute Gasteiger partial charge is 0.455 e. The molecule has 0 amide bonds. The Labute approximate surface area is 454 Å². The van der Waals surface area contributed by atoms with E-state index < -0.39 is 5.41 Å². The van der Waals surface area contributed by atoms with E-state index in [1.165, 1.54) is 0 Å². The first-order valence-corrected chi connectivity index (χ1v) is 24.0. The van der Waals surface area contributed by atoms with Crippen molar-refractivity contribution in [3.05, 3.63) is 162 Å². The van der Waals surface area contributed by atoms with E-state index in [0.29, 0.717) is 55.3 Å². The number of hydrogen-bond acceptors (Lipinski definition) is 2. The average Bonchev–Trinajstić information content (AvgIpc) is 3.56. The summed E-state index contributed by atoms with van der Waals surface area (Å²) in [4.78, 5) is 2.23. The molecule has 0 N–H and O–H groups in total. The van der Waals surface area contributed by atoms with Crippen LogP contribution >= 0.6 is 0 Å². The molecule has 11 aromatic carbocycles. The lowest BCUT2D eigenvalue weighted by Gasteiger charge is -2.49. The molecular weight excluding hydrogens is 890 g/mol. The second-order valence-electron chi connectivity index (χ2n) is 19.4. The minimum atomic E-state index is -1.26. The van der Waals surface area contributed by atoms with Gasteiger partial charge in [-0.05, 0) is 102 Å². The maximum Gasteiger partial charge on any atom is 0.140 e. The zero-order valence-corrected chi connectivity index (χ0v) is 40.2. The molecule has 28 radical (unpaired) electrons. The van der Waals surface area contributed by atoms with Crippen molar-refractivity contribution in [1.82, 2.24) is 0 Å². The maximum atomic E-state index is 7.39. The highest BCUT2D eigenvalue weighted by Crippen LogP contribution is 2.65. The normalized spacial score (nSPS) is 13.2. The fraction of sp³-hybridized carbons (Fsp3) is 0.0169. The first-order valence-electron chi connectivity index (χ1n) is 24.0. The van der Waals surface area contributed by atoms with Gasteiger partial charge in [0, 0.05) is 27.6 Å². The first kappa shape index (κ1) is 47.7. The van der Waals surface area contributed by atoms with Crippen LogP contribution in [-0.4, -0.2) is 110 Å². The summed E-state index contributed by atoms with van der Waals surface area (Å²) in [5, 5.41) is 5.22. The Bertz CT molecular complexity index is 4130. The molecule has 75 heavy (non-hydrogen) atoms. The summed E-state index contributed by atoms with van der Waals surface area (Å²) in [6, 6.07) is 47.3. The maximum absolute atomic E-state index is 7.39. The standard InChI is InChI=1S/C59H23B14NO/c60-43-37(39-41(47(64)51(43)68)49(66)55(72)53(70)45(39)62)26-16-20-35-33(22-26)59(31-18-14-24-8-4-6-12-29(24)57(31)75-58-30-13-7-5-9-25(30)15-19-32(58)59)34-23-27(17-21-36(34)74(35)28-10-2-1-3-11-28)38-40-42(48(65)52(69)44(38)61)50(67)56(73)54(71)46(40)63/h1-23H. The van der Waals surface area contributed by atoms with Crippen LogP contribution in [0.4, 0.5) is 17.1 Å². The lowest BCUT2D eigenvalue weighted by molar-refractivity contribution is 0.444. The van der Waals surface area contributed by atoms with E-state index in [2.05, 4.69) is 89.8 Å². The number of hydrogen-bond donors (Lipinski definition) is 0. The fourth-order valence-corrected chi connectivity index (χ4v) is 12.1. The molecule has 2 heterocycles. The van der Waals surface area contributed by atoms with Gasteiger partial charge in [0.1, 0.15) is 121 Å². The molecule has 16 heteroatoms. The van der Waals surface area contributed by atoms with Crippen molar-refractivity contribution in [1.29, 1.82) is 0 Å². The lowest BCUT2D eigenvalue weighted by atomic mass is 9.57. The summed E-state index contributed by atoms with van der Waals surface area (Å²) in [7, 11) is 95.2. The van der Waals surface area contributed by atoms with Gasteiger partial charge < -0.3 is 9.64 Å². The minimum Gasteiger partial charge on any atom is -0.455 e. The lowest BCUT2D eigenvalue weighted by Crippen LogP contribution is -2.52. The predicted octanol–water partition coefficient (Wildman–Crippen LogP) is -0.982. The molecule has 11 aromatic rings. The highest BCUT2D eigenvalue weighted by molar-refractivity contribution is 6.73. The zero-order chi connectivity index (χ0) is 52.3. The van der Waals surface area contributed by atoms with Crippen molar-refractivity contribution in [2.45, 2.75) is 5.41 Å². The Hall–Kier alpha value is -7.03. The van der Waals surface area contributed by atoms with Gasteiger partial charge in [-0.1, -0.05) is 147 Å². The van der Waals surface area contributed by atoms with Crippen LogP contribution in [0, 0.1) is 0 Å². The SMILES string of the molecule is [B]c1c([B])c([B])c2c(-c3ccc4c(c3)C3(c5cc(-c6c([B])c([B])c([B])c7c([B])c([B])c([B])c([B])c67)ccc5N4c4ccccc4)c4ccc5ccccc5c4Oc4c3ccc3ccccc43)c([B])c([B])c([B])c2c1[B]. The molecule has 312 valence electrons. The van der Waals surface area contributed by atoms with E-state index >= 15 is 0 Å². The summed E-state index contributed by atoms with van der Waals surface area (Å²) in [6.45, 7) is 0. The third-order valence-electron chi connectivity index (χ3n) is 15.7. The van der Waals surface area contributed by atoms with Gasteiger partial charge in [0.2, 0.25) is 0 Å². The number of ether oxygens (including phenoxy) is 1. The zero-order valence-electron chi connectivity index (χ0n) is 40.2. The molecule has 0 saturated heterocycles. The molecule has 2 aliphatic rings. The molecular formula is C59H23B14NO. The number of rotatable bonds is 3. The quantitative estimate of drug-likeness (QED) is 0.212. The molecule has 0 aromatic heterocycles. The monoisotopic (exact) mass is 915 g/mol. The number of anilines is 3. The van der Waals surface area contributed by atoms with Crippen molar-refractivity contribution in [2.75, 3.05) is 4.90 Å². The fourth-order valence-electron chi connectivity index (χ4n) is 12.1. The first-order chi connectivity index (χ1) is 36.1. The second-order valence-corrected chi connectivity index (χ2v) is 19.4. The minimum absolute atomic E-state index is 0.0823. The van der Waals surface area contributed by atoms with E-state index in [-0.39, 0.29) is 76.5 Å². The van der Waals surface area contributed by atoms with Crippen LogP contribution in [-0.2, 0) is 5.41 Å².